The molecule has 1 aliphatic heterocycles. The van der Waals surface area contributed by atoms with Gasteiger partial charge in [-0.2, -0.15) is 0 Å². The average molecular weight is 382 g/mol. The van der Waals surface area contributed by atoms with Gasteiger partial charge < -0.3 is 10.6 Å². The molecule has 0 radical (unpaired) electrons. The summed E-state index contributed by atoms with van der Waals surface area (Å²) in [7, 11) is 0. The van der Waals surface area contributed by atoms with E-state index in [1.165, 1.54) is 30.2 Å². The lowest BCUT2D eigenvalue weighted by atomic mass is 9.89. The second-order valence-electron chi connectivity index (χ2n) is 7.44. The zero-order valence-electron chi connectivity index (χ0n) is 15.8. The van der Waals surface area contributed by atoms with Crippen molar-refractivity contribution in [1.82, 2.24) is 15.3 Å². The second-order valence-corrected chi connectivity index (χ2v) is 7.44. The van der Waals surface area contributed by atoms with Crippen LogP contribution in [0.3, 0.4) is 0 Å². The molecule has 4 rings (SSSR count). The molecule has 28 heavy (non-hydrogen) atoms. The van der Waals surface area contributed by atoms with Crippen molar-refractivity contribution < 1.29 is 14.0 Å². The first-order chi connectivity index (χ1) is 13.5. The van der Waals surface area contributed by atoms with Crippen molar-refractivity contribution in [3.05, 3.63) is 52.4 Å². The van der Waals surface area contributed by atoms with Crippen molar-refractivity contribution in [3.8, 4) is 0 Å². The topological polar surface area (TPSA) is 84.0 Å². The third-order valence-electron chi connectivity index (χ3n) is 5.45. The van der Waals surface area contributed by atoms with E-state index in [2.05, 4.69) is 20.6 Å². The summed E-state index contributed by atoms with van der Waals surface area (Å²) in [5.74, 6) is -0.910. The Bertz CT molecular complexity index is 944. The molecule has 2 heterocycles. The lowest BCUT2D eigenvalue weighted by Crippen LogP contribution is -2.36. The number of amides is 2. The number of nitrogens with one attached hydrogen (secondary N) is 2. The minimum absolute atomic E-state index is 0.0107. The van der Waals surface area contributed by atoms with Crippen LogP contribution in [0.15, 0.2) is 18.2 Å². The highest BCUT2D eigenvalue weighted by Crippen LogP contribution is 2.32. The first-order valence-corrected chi connectivity index (χ1v) is 9.73. The fourth-order valence-electron chi connectivity index (χ4n) is 4.04. The highest BCUT2D eigenvalue weighted by Gasteiger charge is 2.31. The molecule has 7 heteroatoms. The number of hydrogen-bond donors (Lipinski definition) is 2. The molecule has 1 atom stereocenters. The minimum Gasteiger partial charge on any atom is -0.355 e. The highest BCUT2D eigenvalue weighted by atomic mass is 19.1. The Hall–Kier alpha value is -2.83. The molecule has 0 saturated carbocycles. The number of aromatic nitrogens is 2. The Kier molecular flexibility index (Phi) is 5.07. The van der Waals surface area contributed by atoms with Gasteiger partial charge in [-0.25, -0.2) is 14.4 Å². The normalized spacial score (nSPS) is 18.1. The molecule has 6 nitrogen and oxygen atoms in total. The third-order valence-corrected chi connectivity index (χ3v) is 5.45. The fraction of sp³-hybridized carbons (Fsp3) is 0.429. The van der Waals surface area contributed by atoms with Crippen LogP contribution in [0.4, 0.5) is 10.1 Å². The molecule has 1 aromatic heterocycles. The van der Waals surface area contributed by atoms with Gasteiger partial charge in [-0.05, 0) is 61.9 Å². The molecule has 1 aliphatic carbocycles. The maximum absolute atomic E-state index is 13.6. The Morgan fingerprint density at radius 3 is 2.96 bits per heavy atom. The van der Waals surface area contributed by atoms with E-state index in [-0.39, 0.29) is 18.2 Å². The van der Waals surface area contributed by atoms with E-state index in [4.69, 9.17) is 0 Å². The van der Waals surface area contributed by atoms with E-state index in [1.807, 2.05) is 6.92 Å². The summed E-state index contributed by atoms with van der Waals surface area (Å²) in [6.07, 6.45) is 4.89. The van der Waals surface area contributed by atoms with Crippen molar-refractivity contribution in [2.75, 3.05) is 11.9 Å². The number of benzene rings is 1. The lowest BCUT2D eigenvalue weighted by molar-refractivity contribution is -0.126. The summed E-state index contributed by atoms with van der Waals surface area (Å²) in [4.78, 5) is 33.8. The van der Waals surface area contributed by atoms with Crippen LogP contribution in [-0.4, -0.2) is 28.3 Å². The Balaban J connectivity index is 1.42. The van der Waals surface area contributed by atoms with Crippen LogP contribution < -0.4 is 10.6 Å². The van der Waals surface area contributed by atoms with Crippen molar-refractivity contribution >= 4 is 17.5 Å². The quantitative estimate of drug-likeness (QED) is 0.851. The van der Waals surface area contributed by atoms with Gasteiger partial charge in [-0.1, -0.05) is 0 Å². The van der Waals surface area contributed by atoms with Crippen molar-refractivity contribution in [3.63, 3.8) is 0 Å². The number of hydrogen-bond acceptors (Lipinski definition) is 4. The summed E-state index contributed by atoms with van der Waals surface area (Å²) < 4.78 is 13.6. The summed E-state index contributed by atoms with van der Waals surface area (Å²) in [5.41, 5.74) is 4.43. The van der Waals surface area contributed by atoms with Gasteiger partial charge >= 0.3 is 0 Å². The number of anilines is 1. The van der Waals surface area contributed by atoms with Gasteiger partial charge in [0.2, 0.25) is 11.8 Å². The van der Waals surface area contributed by atoms with Gasteiger partial charge in [-0.15, -0.1) is 0 Å². The summed E-state index contributed by atoms with van der Waals surface area (Å²) in [5, 5.41) is 5.54. The lowest BCUT2D eigenvalue weighted by Gasteiger charge is -2.25. The van der Waals surface area contributed by atoms with Gasteiger partial charge in [0.05, 0.1) is 5.92 Å². The molecule has 0 fully saturated rings. The molecule has 2 aliphatic rings. The van der Waals surface area contributed by atoms with Crippen LogP contribution in [0.25, 0.3) is 0 Å². The molecular formula is C21H23FN4O2. The largest absolute Gasteiger partial charge is 0.355 e. The van der Waals surface area contributed by atoms with Crippen LogP contribution in [0, 0.1) is 12.7 Å². The minimum atomic E-state index is -0.689. The van der Waals surface area contributed by atoms with Gasteiger partial charge in [0.15, 0.2) is 0 Å². The number of nitrogens with zero attached hydrogens (tertiary/aromatic N) is 2. The first kappa shape index (κ1) is 18.5. The van der Waals surface area contributed by atoms with E-state index in [0.29, 0.717) is 24.2 Å². The molecule has 0 spiro atoms. The molecule has 2 N–H and O–H groups in total. The van der Waals surface area contributed by atoms with E-state index < -0.39 is 11.7 Å². The number of carbonyl (C=O) groups excluding carboxylic acids is 2. The number of aryl methyl sites for hydroxylation is 2. The van der Waals surface area contributed by atoms with E-state index in [1.54, 1.807) is 0 Å². The molecule has 2 amide bonds. The van der Waals surface area contributed by atoms with Crippen molar-refractivity contribution in [2.45, 2.75) is 51.4 Å². The van der Waals surface area contributed by atoms with E-state index in [9.17, 15) is 14.0 Å². The predicted octanol–water partition coefficient (Wildman–Crippen LogP) is 2.59. The summed E-state index contributed by atoms with van der Waals surface area (Å²) in [6.45, 7) is 2.39. The smallest absolute Gasteiger partial charge is 0.228 e. The molecule has 1 aromatic carbocycles. The number of halogens is 1. The maximum atomic E-state index is 13.6. The van der Waals surface area contributed by atoms with Crippen LogP contribution in [-0.2, 0) is 28.9 Å². The van der Waals surface area contributed by atoms with E-state index in [0.717, 1.165) is 36.5 Å². The molecule has 2 aromatic rings. The zero-order valence-corrected chi connectivity index (χ0v) is 15.8. The van der Waals surface area contributed by atoms with Gasteiger partial charge in [-0.3, -0.25) is 9.59 Å². The molecule has 0 unspecified atom stereocenters. The second kappa shape index (κ2) is 7.66. The fourth-order valence-corrected chi connectivity index (χ4v) is 4.04. The van der Waals surface area contributed by atoms with Gasteiger partial charge in [0, 0.05) is 36.5 Å². The first-order valence-electron chi connectivity index (χ1n) is 9.73. The van der Waals surface area contributed by atoms with Crippen LogP contribution in [0.5, 0.6) is 0 Å². The highest BCUT2D eigenvalue weighted by molar-refractivity contribution is 6.01. The monoisotopic (exact) mass is 382 g/mol. The standard InChI is InChI=1S/C21H23FN4O2/c1-12-14-4-2-3-5-17(14)25-19(24-12)8-9-23-21(28)16-11-20(27)26-18-7-6-13(22)10-15(16)18/h6-7,10,16H,2-5,8-9,11H2,1H3,(H,23,28)(H,26,27)/t16-/m1/s1. The van der Waals surface area contributed by atoms with E-state index >= 15 is 0 Å². The van der Waals surface area contributed by atoms with Crippen LogP contribution >= 0.6 is 0 Å². The Morgan fingerprint density at radius 1 is 1.29 bits per heavy atom. The average Bonchev–Trinajstić information content (AvgIpc) is 2.67. The number of fused-ring (bicyclic) bond motifs is 2. The Labute approximate surface area is 163 Å². The number of carbonyl (C=O) groups is 2. The van der Waals surface area contributed by atoms with Crippen LogP contribution in [0.2, 0.25) is 0 Å². The summed E-state index contributed by atoms with van der Waals surface area (Å²) in [6, 6.07) is 4.08. The van der Waals surface area contributed by atoms with Crippen LogP contribution in [0.1, 0.15) is 53.5 Å². The number of rotatable bonds is 4. The Morgan fingerprint density at radius 2 is 2.11 bits per heavy atom. The third kappa shape index (κ3) is 3.74. The molecule has 146 valence electrons. The van der Waals surface area contributed by atoms with Gasteiger partial charge in [0.1, 0.15) is 11.6 Å². The molecular weight excluding hydrogens is 359 g/mol. The van der Waals surface area contributed by atoms with Crippen molar-refractivity contribution in [1.29, 1.82) is 0 Å². The summed E-state index contributed by atoms with van der Waals surface area (Å²) >= 11 is 0. The molecule has 0 bridgehead atoms. The van der Waals surface area contributed by atoms with Gasteiger partial charge in [0.25, 0.3) is 0 Å². The predicted molar refractivity (Wildman–Crippen MR) is 103 cm³/mol. The maximum Gasteiger partial charge on any atom is 0.228 e. The zero-order chi connectivity index (χ0) is 19.7. The SMILES string of the molecule is Cc1nc(CCNC(=O)[C@@H]2CC(=O)Nc3ccc(F)cc32)nc2c1CCCC2. The molecule has 0 saturated heterocycles. The van der Waals surface area contributed by atoms with Crippen molar-refractivity contribution in [2.24, 2.45) is 0 Å².